The summed E-state index contributed by atoms with van der Waals surface area (Å²) in [5.74, 6) is -1.84. The number of rotatable bonds is 1. The third-order valence-corrected chi connectivity index (χ3v) is 1.83. The summed E-state index contributed by atoms with van der Waals surface area (Å²) in [5, 5.41) is 9.23. The number of halogens is 2. The highest BCUT2D eigenvalue weighted by Gasteiger charge is 2.49. The number of terminal acetylenes is 1. The highest BCUT2D eigenvalue weighted by molar-refractivity contribution is 5.88. The van der Waals surface area contributed by atoms with Gasteiger partial charge in [0.25, 0.3) is 11.8 Å². The molecule has 0 radical (unpaired) electrons. The summed E-state index contributed by atoms with van der Waals surface area (Å²) >= 11 is 0. The zero-order valence-electron chi connectivity index (χ0n) is 7.05. The summed E-state index contributed by atoms with van der Waals surface area (Å²) in [5.41, 5.74) is -1.98. The maximum atomic E-state index is 12.3. The first-order valence-corrected chi connectivity index (χ1v) is 3.66. The number of aliphatic hydroxyl groups is 1. The van der Waals surface area contributed by atoms with Gasteiger partial charge in [-0.05, 0) is 6.92 Å². The van der Waals surface area contributed by atoms with E-state index in [0.717, 1.165) is 11.8 Å². The highest BCUT2D eigenvalue weighted by Crippen LogP contribution is 2.28. The Morgan fingerprint density at radius 2 is 2.15 bits per heavy atom. The molecule has 0 saturated carbocycles. The van der Waals surface area contributed by atoms with Gasteiger partial charge in [0.1, 0.15) is 0 Å². The Hall–Kier alpha value is -1.15. The van der Waals surface area contributed by atoms with Crippen LogP contribution in [0.1, 0.15) is 6.92 Å². The summed E-state index contributed by atoms with van der Waals surface area (Å²) in [6, 6.07) is 0. The van der Waals surface area contributed by atoms with Crippen LogP contribution in [-0.2, 0) is 4.79 Å². The van der Waals surface area contributed by atoms with Gasteiger partial charge in [0.05, 0.1) is 13.1 Å². The fourth-order valence-corrected chi connectivity index (χ4v) is 1.03. The Balaban J connectivity index is 2.59. The molecule has 0 bridgehead atoms. The van der Waals surface area contributed by atoms with Crippen molar-refractivity contribution < 1.29 is 18.7 Å². The van der Waals surface area contributed by atoms with Gasteiger partial charge in [-0.1, -0.05) is 5.92 Å². The van der Waals surface area contributed by atoms with Gasteiger partial charge < -0.3 is 10.0 Å². The molecule has 0 aliphatic carbocycles. The van der Waals surface area contributed by atoms with Crippen molar-refractivity contribution in [2.45, 2.75) is 18.4 Å². The molecule has 1 atom stereocenters. The number of hydrogen-bond acceptors (Lipinski definition) is 2. The van der Waals surface area contributed by atoms with Crippen molar-refractivity contribution in [3.05, 3.63) is 0 Å². The number of likely N-dealkylation sites (tertiary alicyclic amines) is 1. The van der Waals surface area contributed by atoms with Gasteiger partial charge in [0, 0.05) is 0 Å². The molecular weight excluding hydrogens is 180 g/mol. The van der Waals surface area contributed by atoms with E-state index in [1.807, 2.05) is 5.92 Å². The number of nitrogens with zero attached hydrogens (tertiary/aromatic N) is 1. The lowest BCUT2D eigenvalue weighted by molar-refractivity contribution is -0.176. The van der Waals surface area contributed by atoms with E-state index < -0.39 is 30.5 Å². The summed E-state index contributed by atoms with van der Waals surface area (Å²) in [4.78, 5) is 12.0. The Labute approximate surface area is 74.3 Å². The maximum absolute atomic E-state index is 12.3. The van der Waals surface area contributed by atoms with Crippen LogP contribution in [0, 0.1) is 12.3 Å². The largest absolute Gasteiger partial charge is 0.370 e. The van der Waals surface area contributed by atoms with Gasteiger partial charge in [-0.3, -0.25) is 4.79 Å². The fraction of sp³-hybridized carbons (Fsp3) is 0.625. The van der Waals surface area contributed by atoms with Gasteiger partial charge in [-0.2, -0.15) is 0 Å². The molecular formula is C8H9F2NO2. The second kappa shape index (κ2) is 2.67. The van der Waals surface area contributed by atoms with Crippen molar-refractivity contribution in [3.8, 4) is 12.3 Å². The number of carbonyl (C=O) groups is 1. The van der Waals surface area contributed by atoms with Crippen molar-refractivity contribution in [1.82, 2.24) is 4.90 Å². The zero-order valence-corrected chi connectivity index (χ0v) is 7.05. The summed E-state index contributed by atoms with van der Waals surface area (Å²) in [6.07, 6.45) is 4.86. The van der Waals surface area contributed by atoms with E-state index in [0.29, 0.717) is 0 Å². The van der Waals surface area contributed by atoms with Gasteiger partial charge in [-0.25, -0.2) is 8.78 Å². The molecule has 1 N–H and O–H groups in total. The first-order chi connectivity index (χ1) is 5.78. The van der Waals surface area contributed by atoms with Crippen LogP contribution in [-0.4, -0.2) is 40.5 Å². The first kappa shape index (κ1) is 9.93. The predicted octanol–water partition coefficient (Wildman–Crippen LogP) is -0.152. The molecule has 0 aromatic rings. The van der Waals surface area contributed by atoms with Crippen LogP contribution >= 0.6 is 0 Å². The Bertz CT molecular complexity index is 272. The van der Waals surface area contributed by atoms with Crippen LogP contribution in [0.15, 0.2) is 0 Å². The standard InChI is InChI=1S/C8H9F2NO2/c1-3-7(2,13)6(12)11-4-8(9,10)5-11/h1,13H,4-5H2,2H3/t7-/m1/s1. The number of hydrogen-bond donors (Lipinski definition) is 1. The molecule has 1 fully saturated rings. The average Bonchev–Trinajstić information content (AvgIpc) is 1.98. The highest BCUT2D eigenvalue weighted by atomic mass is 19.3. The predicted molar refractivity (Wildman–Crippen MR) is 41.0 cm³/mol. The molecule has 1 aliphatic rings. The van der Waals surface area contributed by atoms with Crippen LogP contribution in [0.25, 0.3) is 0 Å². The first-order valence-electron chi connectivity index (χ1n) is 3.66. The molecule has 1 aliphatic heterocycles. The second-order valence-corrected chi connectivity index (χ2v) is 3.23. The van der Waals surface area contributed by atoms with E-state index in [1.54, 1.807) is 0 Å². The van der Waals surface area contributed by atoms with Crippen LogP contribution in [0.5, 0.6) is 0 Å². The second-order valence-electron chi connectivity index (χ2n) is 3.23. The third-order valence-electron chi connectivity index (χ3n) is 1.83. The molecule has 3 nitrogen and oxygen atoms in total. The van der Waals surface area contributed by atoms with E-state index in [1.165, 1.54) is 0 Å². The van der Waals surface area contributed by atoms with E-state index >= 15 is 0 Å². The minimum atomic E-state index is -2.83. The SMILES string of the molecule is C#C[C@@](C)(O)C(=O)N1CC(F)(F)C1. The number of amides is 1. The van der Waals surface area contributed by atoms with Crippen molar-refractivity contribution >= 4 is 5.91 Å². The van der Waals surface area contributed by atoms with Crippen LogP contribution in [0.4, 0.5) is 8.78 Å². The lowest BCUT2D eigenvalue weighted by Gasteiger charge is -2.40. The van der Waals surface area contributed by atoms with E-state index in [-0.39, 0.29) is 0 Å². The van der Waals surface area contributed by atoms with Crippen LogP contribution in [0.3, 0.4) is 0 Å². The molecule has 1 amide bonds. The molecule has 13 heavy (non-hydrogen) atoms. The van der Waals surface area contributed by atoms with Gasteiger partial charge in [-0.15, -0.1) is 6.42 Å². The third kappa shape index (κ3) is 1.78. The molecule has 1 rings (SSSR count). The van der Waals surface area contributed by atoms with Gasteiger partial charge in [0.2, 0.25) is 5.60 Å². The molecule has 0 aromatic carbocycles. The molecule has 5 heteroatoms. The van der Waals surface area contributed by atoms with Crippen LogP contribution < -0.4 is 0 Å². The van der Waals surface area contributed by atoms with Gasteiger partial charge in [0.15, 0.2) is 0 Å². The lowest BCUT2D eigenvalue weighted by atomic mass is 10.0. The molecule has 72 valence electrons. The molecule has 0 aromatic heterocycles. The quantitative estimate of drug-likeness (QED) is 0.583. The Morgan fingerprint density at radius 1 is 1.69 bits per heavy atom. The van der Waals surface area contributed by atoms with Gasteiger partial charge >= 0.3 is 0 Å². The van der Waals surface area contributed by atoms with Crippen molar-refractivity contribution in [3.63, 3.8) is 0 Å². The lowest BCUT2D eigenvalue weighted by Crippen LogP contribution is -2.62. The normalized spacial score (nSPS) is 24.1. The summed E-state index contributed by atoms with van der Waals surface area (Å²) in [6.45, 7) is -0.223. The maximum Gasteiger partial charge on any atom is 0.282 e. The smallest absolute Gasteiger partial charge is 0.282 e. The number of alkyl halides is 2. The summed E-state index contributed by atoms with van der Waals surface area (Å²) < 4.78 is 24.6. The van der Waals surface area contributed by atoms with Crippen molar-refractivity contribution in [2.24, 2.45) is 0 Å². The van der Waals surface area contributed by atoms with E-state index in [2.05, 4.69) is 0 Å². The monoisotopic (exact) mass is 189 g/mol. The number of carbonyl (C=O) groups excluding carboxylic acids is 1. The fourth-order valence-electron chi connectivity index (χ4n) is 1.03. The Morgan fingerprint density at radius 3 is 2.46 bits per heavy atom. The molecule has 0 spiro atoms. The van der Waals surface area contributed by atoms with E-state index in [9.17, 15) is 18.7 Å². The topological polar surface area (TPSA) is 40.5 Å². The minimum absolute atomic E-state index is 0.663. The summed E-state index contributed by atoms with van der Waals surface area (Å²) in [7, 11) is 0. The average molecular weight is 189 g/mol. The minimum Gasteiger partial charge on any atom is -0.370 e. The Kier molecular flexibility index (Phi) is 2.04. The van der Waals surface area contributed by atoms with Crippen LogP contribution in [0.2, 0.25) is 0 Å². The molecule has 0 unspecified atom stereocenters. The van der Waals surface area contributed by atoms with Crippen molar-refractivity contribution in [1.29, 1.82) is 0 Å². The zero-order chi connectivity index (χ0) is 10.3. The molecule has 1 saturated heterocycles. The van der Waals surface area contributed by atoms with E-state index in [4.69, 9.17) is 6.42 Å². The molecule has 1 heterocycles. The van der Waals surface area contributed by atoms with Crippen molar-refractivity contribution in [2.75, 3.05) is 13.1 Å².